The molecule has 1 aromatic rings. The molecule has 0 fully saturated rings. The van der Waals surface area contributed by atoms with Crippen molar-refractivity contribution in [3.63, 3.8) is 0 Å². The van der Waals surface area contributed by atoms with Crippen LogP contribution >= 0.6 is 0 Å². The average molecular weight is 354 g/mol. The van der Waals surface area contributed by atoms with Crippen LogP contribution in [0.2, 0.25) is 0 Å². The van der Waals surface area contributed by atoms with Gasteiger partial charge >= 0.3 is 0 Å². The van der Waals surface area contributed by atoms with Crippen LogP contribution < -0.4 is 4.74 Å². The highest BCUT2D eigenvalue weighted by molar-refractivity contribution is 5.60. The maximum Gasteiger partial charge on any atom is 0.128 e. The maximum atomic E-state index is 11.5. The molecule has 2 heterocycles. The third-order valence-corrected chi connectivity index (χ3v) is 6.47. The van der Waals surface area contributed by atoms with Crippen LogP contribution in [0.4, 0.5) is 0 Å². The zero-order valence-electron chi connectivity index (χ0n) is 16.7. The van der Waals surface area contributed by atoms with Gasteiger partial charge in [-0.3, -0.25) is 4.90 Å². The fraction of sp³-hybridized carbons (Fsp3) is 0.565. The minimum absolute atomic E-state index is 0.154. The predicted molar refractivity (Wildman–Crippen MR) is 106 cm³/mol. The Kier molecular flexibility index (Phi) is 4.18. The molecule has 1 aromatic carbocycles. The average Bonchev–Trinajstić information content (AvgIpc) is 3.14. The molecule has 3 atom stereocenters. The number of fused-ring (bicyclic) bond motifs is 3. The van der Waals surface area contributed by atoms with E-state index >= 15 is 0 Å². The van der Waals surface area contributed by atoms with Gasteiger partial charge in [-0.2, -0.15) is 0 Å². The number of benzene rings is 1. The van der Waals surface area contributed by atoms with Gasteiger partial charge in [-0.05, 0) is 52.3 Å². The van der Waals surface area contributed by atoms with Crippen molar-refractivity contribution < 1.29 is 9.84 Å². The minimum atomic E-state index is -0.215. The second-order valence-electron chi connectivity index (χ2n) is 8.83. The van der Waals surface area contributed by atoms with Gasteiger partial charge in [-0.1, -0.05) is 37.1 Å². The molecule has 0 bridgehead atoms. The normalized spacial score (nSPS) is 29.3. The van der Waals surface area contributed by atoms with Crippen LogP contribution in [-0.2, 0) is 6.42 Å². The van der Waals surface area contributed by atoms with Gasteiger partial charge in [-0.15, -0.1) is 0 Å². The first-order valence-electron chi connectivity index (χ1n) is 9.95. The molecule has 140 valence electrons. The van der Waals surface area contributed by atoms with Crippen LogP contribution in [0, 0.1) is 5.92 Å². The van der Waals surface area contributed by atoms with E-state index in [2.05, 4.69) is 63.9 Å². The van der Waals surface area contributed by atoms with Gasteiger partial charge in [0.25, 0.3) is 0 Å². The molecule has 1 aliphatic carbocycles. The lowest BCUT2D eigenvalue weighted by atomic mass is 9.74. The lowest BCUT2D eigenvalue weighted by molar-refractivity contribution is 0.0223. The summed E-state index contributed by atoms with van der Waals surface area (Å²) in [6, 6.07) is 2.37. The molecule has 26 heavy (non-hydrogen) atoms. The molecule has 0 saturated heterocycles. The van der Waals surface area contributed by atoms with Crippen molar-refractivity contribution in [1.29, 1.82) is 0 Å². The number of ether oxygens (including phenoxy) is 1. The van der Waals surface area contributed by atoms with E-state index in [9.17, 15) is 5.11 Å². The van der Waals surface area contributed by atoms with E-state index in [1.165, 1.54) is 11.1 Å². The molecule has 3 nitrogen and oxygen atoms in total. The summed E-state index contributed by atoms with van der Waals surface area (Å²) in [6.07, 6.45) is 9.83. The number of aromatic hydroxyl groups is 1. The first-order valence-corrected chi connectivity index (χ1v) is 9.95. The van der Waals surface area contributed by atoms with E-state index in [4.69, 9.17) is 4.74 Å². The molecule has 4 rings (SSSR count). The van der Waals surface area contributed by atoms with Crippen molar-refractivity contribution >= 4 is 0 Å². The van der Waals surface area contributed by atoms with Crippen LogP contribution in [0.5, 0.6) is 11.5 Å². The number of aryl methyl sites for hydroxylation is 1. The number of phenols is 1. The third-order valence-electron chi connectivity index (χ3n) is 6.47. The first kappa shape index (κ1) is 17.7. The van der Waals surface area contributed by atoms with Gasteiger partial charge in [0.15, 0.2) is 0 Å². The molecule has 0 aromatic heterocycles. The van der Waals surface area contributed by atoms with E-state index < -0.39 is 0 Å². The molecule has 0 saturated carbocycles. The third kappa shape index (κ3) is 2.60. The van der Waals surface area contributed by atoms with E-state index in [0.717, 1.165) is 42.7 Å². The number of likely N-dealkylation sites (N-methyl/N-ethyl adjacent to an activating group) is 1. The lowest BCUT2D eigenvalue weighted by Gasteiger charge is -2.43. The van der Waals surface area contributed by atoms with Crippen molar-refractivity contribution in [3.05, 3.63) is 46.6 Å². The summed E-state index contributed by atoms with van der Waals surface area (Å²) in [5, 5.41) is 11.5. The highest BCUT2D eigenvalue weighted by Crippen LogP contribution is 2.56. The van der Waals surface area contributed by atoms with Gasteiger partial charge in [0.05, 0.1) is 6.04 Å². The summed E-state index contributed by atoms with van der Waals surface area (Å²) >= 11 is 0. The topological polar surface area (TPSA) is 32.7 Å². The summed E-state index contributed by atoms with van der Waals surface area (Å²) < 4.78 is 6.47. The molecular formula is C23H31NO2. The fourth-order valence-corrected chi connectivity index (χ4v) is 5.16. The molecule has 3 aliphatic rings. The molecule has 0 amide bonds. The van der Waals surface area contributed by atoms with Gasteiger partial charge < -0.3 is 9.84 Å². The number of rotatable bonds is 3. The standard InChI is InChI=1S/C23H31NO2/c1-6-8-15-13-19-21(22(25)20(15)18-9-7-10-24(18)5)16-11-14(2)12-17(16)23(3,4)26-19/h7,9,11,13,16-18,25H,6,8,10,12H2,1-5H3/t16?,17?,18-/m0/s1. The SMILES string of the molecule is CCCc1cc2c(c(O)c1[C@@H]1C=CCN1C)C1C=C(C)CC1C(C)(C)O2. The summed E-state index contributed by atoms with van der Waals surface area (Å²) in [5.41, 5.74) is 4.51. The Balaban J connectivity index is 1.92. The second-order valence-corrected chi connectivity index (χ2v) is 8.83. The highest BCUT2D eigenvalue weighted by Gasteiger charge is 2.47. The van der Waals surface area contributed by atoms with Crippen LogP contribution in [0.1, 0.15) is 69.2 Å². The summed E-state index contributed by atoms with van der Waals surface area (Å²) in [5.74, 6) is 1.99. The van der Waals surface area contributed by atoms with Crippen molar-refractivity contribution in [1.82, 2.24) is 4.90 Å². The largest absolute Gasteiger partial charge is 0.507 e. The van der Waals surface area contributed by atoms with Gasteiger partial charge in [0.2, 0.25) is 0 Å². The Morgan fingerprint density at radius 1 is 1.31 bits per heavy atom. The van der Waals surface area contributed by atoms with Crippen LogP contribution in [-0.4, -0.2) is 29.2 Å². The number of phenolic OH excluding ortho intramolecular Hbond substituents is 1. The molecule has 2 aliphatic heterocycles. The molecular weight excluding hydrogens is 322 g/mol. The number of hydrogen-bond acceptors (Lipinski definition) is 3. The summed E-state index contributed by atoms with van der Waals surface area (Å²) in [6.45, 7) is 9.71. The van der Waals surface area contributed by atoms with Crippen LogP contribution in [0.15, 0.2) is 29.9 Å². The Labute approximate surface area is 157 Å². The highest BCUT2D eigenvalue weighted by atomic mass is 16.5. The van der Waals surface area contributed by atoms with Gasteiger partial charge in [0.1, 0.15) is 17.1 Å². The lowest BCUT2D eigenvalue weighted by Crippen LogP contribution is -2.43. The Morgan fingerprint density at radius 3 is 2.73 bits per heavy atom. The Bertz CT molecular complexity index is 790. The van der Waals surface area contributed by atoms with E-state index in [0.29, 0.717) is 11.7 Å². The predicted octanol–water partition coefficient (Wildman–Crippen LogP) is 5.11. The Morgan fingerprint density at radius 2 is 2.08 bits per heavy atom. The first-order chi connectivity index (χ1) is 12.3. The molecule has 2 unspecified atom stereocenters. The van der Waals surface area contributed by atoms with E-state index in [1.54, 1.807) is 0 Å². The maximum absolute atomic E-state index is 11.5. The van der Waals surface area contributed by atoms with Crippen LogP contribution in [0.3, 0.4) is 0 Å². The van der Waals surface area contributed by atoms with Crippen LogP contribution in [0.25, 0.3) is 0 Å². The number of nitrogens with zero attached hydrogens (tertiary/aromatic N) is 1. The molecule has 3 heteroatoms. The molecule has 0 radical (unpaired) electrons. The van der Waals surface area contributed by atoms with Gasteiger partial charge in [-0.25, -0.2) is 0 Å². The van der Waals surface area contributed by atoms with Crippen molar-refractivity contribution in [2.45, 2.75) is 64.5 Å². The van der Waals surface area contributed by atoms with Crippen molar-refractivity contribution in [3.8, 4) is 11.5 Å². The number of hydrogen-bond donors (Lipinski definition) is 1. The smallest absolute Gasteiger partial charge is 0.128 e. The zero-order valence-corrected chi connectivity index (χ0v) is 16.7. The number of allylic oxidation sites excluding steroid dienone is 2. The van der Waals surface area contributed by atoms with E-state index in [-0.39, 0.29) is 17.6 Å². The minimum Gasteiger partial charge on any atom is -0.507 e. The summed E-state index contributed by atoms with van der Waals surface area (Å²) in [4.78, 5) is 2.29. The summed E-state index contributed by atoms with van der Waals surface area (Å²) in [7, 11) is 2.13. The molecule has 1 N–H and O–H groups in total. The Hall–Kier alpha value is -1.74. The molecule has 0 spiro atoms. The quantitative estimate of drug-likeness (QED) is 0.767. The van der Waals surface area contributed by atoms with Crippen molar-refractivity contribution in [2.75, 3.05) is 13.6 Å². The van der Waals surface area contributed by atoms with E-state index in [1.807, 2.05) is 0 Å². The van der Waals surface area contributed by atoms with Gasteiger partial charge in [0, 0.05) is 29.5 Å². The monoisotopic (exact) mass is 353 g/mol. The second kappa shape index (κ2) is 6.16. The van der Waals surface area contributed by atoms with Crippen molar-refractivity contribution in [2.24, 2.45) is 5.92 Å². The fourth-order valence-electron chi connectivity index (χ4n) is 5.16. The zero-order chi connectivity index (χ0) is 18.6.